The van der Waals surface area contributed by atoms with Gasteiger partial charge in [0.1, 0.15) is 5.82 Å². The topological polar surface area (TPSA) is 58.7 Å². The fourth-order valence-corrected chi connectivity index (χ4v) is 3.95. The Hall–Kier alpha value is -2.07. The predicted octanol–water partition coefficient (Wildman–Crippen LogP) is 3.44. The first-order valence-electron chi connectivity index (χ1n) is 8.17. The molecule has 0 saturated carbocycles. The minimum Gasteiger partial charge on any atom is -0.429 e. The van der Waals surface area contributed by atoms with Crippen LogP contribution in [0.3, 0.4) is 0 Å². The summed E-state index contributed by atoms with van der Waals surface area (Å²) in [6.07, 6.45) is 0. The average molecular weight is 410 g/mol. The summed E-state index contributed by atoms with van der Waals surface area (Å²) in [6.45, 7) is 0.871. The SMILES string of the molecule is CN(Cc1cccc(F)c1)Cn1c(=S)oc2ccc(S(=O)(=O)N(C)C)cc21. The summed E-state index contributed by atoms with van der Waals surface area (Å²) in [5.74, 6) is -0.287. The number of hydrogen-bond acceptors (Lipinski definition) is 5. The van der Waals surface area contributed by atoms with Gasteiger partial charge in [-0.15, -0.1) is 0 Å². The number of aromatic nitrogens is 1. The molecule has 0 aliphatic carbocycles. The summed E-state index contributed by atoms with van der Waals surface area (Å²) in [6, 6.07) is 11.0. The fraction of sp³-hybridized carbons (Fsp3) is 0.278. The molecule has 0 saturated heterocycles. The van der Waals surface area contributed by atoms with Gasteiger partial charge in [-0.05, 0) is 55.2 Å². The third kappa shape index (κ3) is 4.11. The Morgan fingerprint density at radius 3 is 2.56 bits per heavy atom. The largest absolute Gasteiger partial charge is 0.429 e. The number of sulfonamides is 1. The van der Waals surface area contributed by atoms with Crippen molar-refractivity contribution in [3.63, 3.8) is 0 Å². The molecule has 3 rings (SSSR count). The maximum absolute atomic E-state index is 13.4. The molecule has 0 fully saturated rings. The van der Waals surface area contributed by atoms with Crippen LogP contribution in [-0.4, -0.2) is 43.3 Å². The first-order valence-corrected chi connectivity index (χ1v) is 10.0. The zero-order valence-electron chi connectivity index (χ0n) is 15.2. The molecule has 0 radical (unpaired) electrons. The van der Waals surface area contributed by atoms with Crippen LogP contribution < -0.4 is 0 Å². The molecule has 9 heteroatoms. The van der Waals surface area contributed by atoms with Gasteiger partial charge in [-0.25, -0.2) is 17.1 Å². The summed E-state index contributed by atoms with van der Waals surface area (Å²) in [5, 5.41) is 0. The molecule has 1 aromatic heterocycles. The van der Waals surface area contributed by atoms with Gasteiger partial charge in [-0.1, -0.05) is 12.1 Å². The number of halogens is 1. The lowest BCUT2D eigenvalue weighted by molar-refractivity contribution is 0.257. The van der Waals surface area contributed by atoms with E-state index in [1.807, 2.05) is 18.0 Å². The Bertz CT molecular complexity index is 1140. The van der Waals surface area contributed by atoms with E-state index in [0.29, 0.717) is 24.3 Å². The van der Waals surface area contributed by atoms with E-state index in [2.05, 4.69) is 0 Å². The molecule has 3 aromatic rings. The van der Waals surface area contributed by atoms with Gasteiger partial charge >= 0.3 is 0 Å². The molecule has 0 aliphatic heterocycles. The third-order valence-corrected chi connectivity index (χ3v) is 6.26. The van der Waals surface area contributed by atoms with E-state index in [1.165, 1.54) is 32.3 Å². The van der Waals surface area contributed by atoms with E-state index >= 15 is 0 Å². The van der Waals surface area contributed by atoms with Crippen LogP contribution in [0.2, 0.25) is 0 Å². The van der Waals surface area contributed by atoms with E-state index in [4.69, 9.17) is 16.6 Å². The van der Waals surface area contributed by atoms with Gasteiger partial charge in [-0.2, -0.15) is 0 Å². The fourth-order valence-electron chi connectivity index (χ4n) is 2.79. The van der Waals surface area contributed by atoms with Crippen molar-refractivity contribution in [1.29, 1.82) is 0 Å². The number of fused-ring (bicyclic) bond motifs is 1. The Balaban J connectivity index is 1.94. The van der Waals surface area contributed by atoms with Crippen molar-refractivity contribution >= 4 is 33.3 Å². The molecule has 0 unspecified atom stereocenters. The Labute approximate surface area is 162 Å². The van der Waals surface area contributed by atoms with Crippen LogP contribution in [0.4, 0.5) is 4.39 Å². The molecule has 144 valence electrons. The second kappa shape index (κ2) is 7.51. The van der Waals surface area contributed by atoms with Gasteiger partial charge in [0.05, 0.1) is 17.1 Å². The molecule has 27 heavy (non-hydrogen) atoms. The van der Waals surface area contributed by atoms with E-state index in [9.17, 15) is 12.8 Å². The molecule has 0 bridgehead atoms. The summed E-state index contributed by atoms with van der Waals surface area (Å²) >= 11 is 5.29. The second-order valence-electron chi connectivity index (χ2n) is 6.50. The van der Waals surface area contributed by atoms with Crippen molar-refractivity contribution in [3.8, 4) is 0 Å². The quantitative estimate of drug-likeness (QED) is 0.584. The van der Waals surface area contributed by atoms with Crippen molar-refractivity contribution < 1.29 is 17.2 Å². The van der Waals surface area contributed by atoms with Crippen molar-refractivity contribution in [2.75, 3.05) is 21.1 Å². The van der Waals surface area contributed by atoms with E-state index < -0.39 is 10.0 Å². The monoisotopic (exact) mass is 409 g/mol. The highest BCUT2D eigenvalue weighted by Gasteiger charge is 2.19. The molecule has 6 nitrogen and oxygen atoms in total. The lowest BCUT2D eigenvalue weighted by Crippen LogP contribution is -2.23. The number of benzene rings is 2. The minimum atomic E-state index is -3.57. The first kappa shape index (κ1) is 19.7. The number of hydrogen-bond donors (Lipinski definition) is 0. The van der Waals surface area contributed by atoms with Crippen molar-refractivity contribution in [1.82, 2.24) is 13.8 Å². The summed E-state index contributed by atoms with van der Waals surface area (Å²) in [4.78, 5) is 2.35. The van der Waals surface area contributed by atoms with E-state index in [-0.39, 0.29) is 15.6 Å². The zero-order valence-corrected chi connectivity index (χ0v) is 16.8. The van der Waals surface area contributed by atoms with Crippen LogP contribution in [0.5, 0.6) is 0 Å². The predicted molar refractivity (Wildman–Crippen MR) is 104 cm³/mol. The van der Waals surface area contributed by atoms with Gasteiger partial charge in [0, 0.05) is 20.6 Å². The van der Waals surface area contributed by atoms with Crippen LogP contribution in [0, 0.1) is 10.7 Å². The Morgan fingerprint density at radius 1 is 1.15 bits per heavy atom. The van der Waals surface area contributed by atoms with Gasteiger partial charge in [0.2, 0.25) is 10.0 Å². The lowest BCUT2D eigenvalue weighted by atomic mass is 10.2. The highest BCUT2D eigenvalue weighted by molar-refractivity contribution is 7.89. The molecule has 1 heterocycles. The van der Waals surface area contributed by atoms with Crippen LogP contribution in [0.15, 0.2) is 51.8 Å². The molecule has 0 N–H and O–H groups in total. The van der Waals surface area contributed by atoms with E-state index in [1.54, 1.807) is 22.8 Å². The highest BCUT2D eigenvalue weighted by atomic mass is 32.2. The van der Waals surface area contributed by atoms with Gasteiger partial charge in [0.15, 0.2) is 5.58 Å². The second-order valence-corrected chi connectivity index (χ2v) is 9.00. The number of rotatable bonds is 6. The van der Waals surface area contributed by atoms with Gasteiger partial charge < -0.3 is 4.42 Å². The molecule has 0 atom stereocenters. The summed E-state index contributed by atoms with van der Waals surface area (Å²) in [7, 11) is 1.26. The smallest absolute Gasteiger partial charge is 0.270 e. The minimum absolute atomic E-state index is 0.164. The summed E-state index contributed by atoms with van der Waals surface area (Å²) < 4.78 is 46.6. The molecule has 2 aromatic carbocycles. The summed E-state index contributed by atoms with van der Waals surface area (Å²) in [5.41, 5.74) is 1.93. The van der Waals surface area contributed by atoms with Crippen LogP contribution >= 0.6 is 12.2 Å². The normalized spacial score (nSPS) is 12.4. The van der Waals surface area contributed by atoms with Crippen molar-refractivity contribution in [2.45, 2.75) is 18.1 Å². The molecular weight excluding hydrogens is 389 g/mol. The zero-order chi connectivity index (χ0) is 19.8. The van der Waals surface area contributed by atoms with Crippen LogP contribution in [-0.2, 0) is 23.2 Å². The molecule has 0 aliphatic rings. The van der Waals surface area contributed by atoms with Crippen LogP contribution in [0.25, 0.3) is 11.1 Å². The lowest BCUT2D eigenvalue weighted by Gasteiger charge is -2.18. The number of nitrogens with zero attached hydrogens (tertiary/aromatic N) is 3. The number of oxazole rings is 1. The molecule has 0 amide bonds. The Kier molecular flexibility index (Phi) is 5.48. The molecule has 0 spiro atoms. The van der Waals surface area contributed by atoms with Crippen molar-refractivity contribution in [2.24, 2.45) is 0 Å². The maximum Gasteiger partial charge on any atom is 0.270 e. The highest BCUT2D eigenvalue weighted by Crippen LogP contribution is 2.23. The average Bonchev–Trinajstić information content (AvgIpc) is 2.89. The van der Waals surface area contributed by atoms with Crippen LogP contribution in [0.1, 0.15) is 5.56 Å². The third-order valence-electron chi connectivity index (χ3n) is 4.14. The molecular formula is C18H20FN3O3S2. The van der Waals surface area contributed by atoms with E-state index in [0.717, 1.165) is 9.87 Å². The Morgan fingerprint density at radius 2 is 1.89 bits per heavy atom. The standard InChI is InChI=1S/C18H20FN3O3S2/c1-20(2)27(23,24)15-7-8-17-16(10-15)22(18(26)25-17)12-21(3)11-13-5-4-6-14(19)9-13/h4-10H,11-12H2,1-3H3. The first-order chi connectivity index (χ1) is 12.7. The van der Waals surface area contributed by atoms with Gasteiger partial charge in [0.25, 0.3) is 4.84 Å². The van der Waals surface area contributed by atoms with Gasteiger partial charge in [-0.3, -0.25) is 9.47 Å². The maximum atomic E-state index is 13.4. The van der Waals surface area contributed by atoms with Crippen molar-refractivity contribution in [3.05, 3.63) is 58.7 Å².